The lowest BCUT2D eigenvalue weighted by atomic mass is 9.46. The maximum atomic E-state index is 7.40. The number of rotatable bonds is 4. The van der Waals surface area contributed by atoms with E-state index in [4.69, 9.17) is 8.83 Å². The third-order valence-corrected chi connectivity index (χ3v) is 16.6. The molecule has 6 heterocycles. The molecule has 0 fully saturated rings. The Morgan fingerprint density at radius 3 is 1.90 bits per heavy atom. The highest BCUT2D eigenvalue weighted by Crippen LogP contribution is 2.50. The maximum absolute atomic E-state index is 7.40. The van der Waals surface area contributed by atoms with Crippen LogP contribution in [0.1, 0.15) is 52.7 Å². The lowest BCUT2D eigenvalue weighted by Crippen LogP contribution is -2.60. The van der Waals surface area contributed by atoms with E-state index in [1.807, 2.05) is 11.3 Å². The van der Waals surface area contributed by atoms with E-state index >= 15 is 0 Å². The maximum Gasteiger partial charge on any atom is 0.375 e. The van der Waals surface area contributed by atoms with Gasteiger partial charge in [-0.1, -0.05) is 126 Å². The molecule has 2 aliphatic heterocycles. The van der Waals surface area contributed by atoms with E-state index in [9.17, 15) is 0 Å². The molecule has 0 saturated carbocycles. The second-order valence-corrected chi connectivity index (χ2v) is 22.8. The molecule has 0 bridgehead atoms. The van der Waals surface area contributed by atoms with Gasteiger partial charge < -0.3 is 23.1 Å². The Balaban J connectivity index is 1.04. The zero-order valence-corrected chi connectivity index (χ0v) is 41.3. The summed E-state index contributed by atoms with van der Waals surface area (Å²) >= 11 is 1.88. The Bertz CT molecular complexity index is 4330. The predicted molar refractivity (Wildman–Crippen MR) is 302 cm³/mol. The van der Waals surface area contributed by atoms with Crippen molar-refractivity contribution in [2.45, 2.75) is 52.4 Å². The fraction of sp³-hybridized carbons (Fsp3) is 0.125. The standard InChI is InChI=1S/C64H48BN3O2S/c1-63(2,3)37-21-24-41(25-22-37)68-53-36-56-49(43-27-26-42(32-55(43)69-56)66(39-15-9-7-10-16-39)40-17-11-8-12-18-40)33-47(53)45-28-29-46-48-35-58-50(44-19-13-14-20-57(44)71-58)34-52(48)67-60(46)59(45)65(68)62-61(67)51-31-38(64(4,5)6)23-30-54(51)70-62/h7-36H,1-6H3. The molecular formula is C64H48BN3O2S. The molecule has 0 saturated heterocycles. The van der Waals surface area contributed by atoms with E-state index in [0.717, 1.165) is 72.7 Å². The normalized spacial score (nSPS) is 13.4. The number of aromatic nitrogens is 1. The van der Waals surface area contributed by atoms with Crippen LogP contribution >= 0.6 is 11.3 Å². The predicted octanol–water partition coefficient (Wildman–Crippen LogP) is 17.1. The van der Waals surface area contributed by atoms with Crippen molar-refractivity contribution in [1.29, 1.82) is 0 Å². The topological polar surface area (TPSA) is 37.7 Å². The van der Waals surface area contributed by atoms with Gasteiger partial charge in [0.15, 0.2) is 0 Å². The third kappa shape index (κ3) is 5.81. The Labute approximate surface area is 415 Å². The molecule has 0 N–H and O–H groups in total. The van der Waals surface area contributed by atoms with E-state index in [0.29, 0.717) is 0 Å². The Morgan fingerprint density at radius 1 is 0.465 bits per heavy atom. The molecule has 0 radical (unpaired) electrons. The fourth-order valence-electron chi connectivity index (χ4n) is 12.0. The van der Waals surface area contributed by atoms with Gasteiger partial charge in [-0.3, -0.25) is 0 Å². The molecule has 7 heteroatoms. The summed E-state index contributed by atoms with van der Waals surface area (Å²) in [4.78, 5) is 4.84. The smallest absolute Gasteiger partial charge is 0.375 e. The Hall–Kier alpha value is -8.00. The highest BCUT2D eigenvalue weighted by atomic mass is 32.1. The van der Waals surface area contributed by atoms with Crippen molar-refractivity contribution in [2.75, 3.05) is 9.71 Å². The van der Waals surface area contributed by atoms with Crippen LogP contribution in [0.3, 0.4) is 0 Å². The van der Waals surface area contributed by atoms with Crippen LogP contribution in [0, 0.1) is 0 Å². The lowest BCUT2D eigenvalue weighted by Gasteiger charge is -2.40. The number of para-hydroxylation sites is 2. The first kappa shape index (κ1) is 40.8. The second-order valence-electron chi connectivity index (χ2n) is 21.7. The van der Waals surface area contributed by atoms with Crippen LogP contribution in [0.15, 0.2) is 191 Å². The minimum atomic E-state index is -0.278. The summed E-state index contributed by atoms with van der Waals surface area (Å²) in [5, 5.41) is 8.41. The number of benzene rings is 9. The van der Waals surface area contributed by atoms with Gasteiger partial charge >= 0.3 is 6.85 Å². The molecule has 4 aromatic heterocycles. The van der Waals surface area contributed by atoms with Gasteiger partial charge in [0.1, 0.15) is 22.4 Å². The molecule has 2 aliphatic rings. The first-order chi connectivity index (χ1) is 34.5. The van der Waals surface area contributed by atoms with Gasteiger partial charge in [-0.2, -0.15) is 0 Å². The molecular weight excluding hydrogens is 886 g/mol. The summed E-state index contributed by atoms with van der Waals surface area (Å²) < 4.78 is 19.6. The van der Waals surface area contributed by atoms with Gasteiger partial charge in [0.05, 0.1) is 16.7 Å². The number of furan rings is 2. The summed E-state index contributed by atoms with van der Waals surface area (Å²) in [5.41, 5.74) is 18.6. The van der Waals surface area contributed by atoms with Gasteiger partial charge in [-0.05, 0) is 118 Å². The summed E-state index contributed by atoms with van der Waals surface area (Å²) in [6, 6.07) is 67.1. The van der Waals surface area contributed by atoms with Crippen molar-refractivity contribution in [1.82, 2.24) is 4.57 Å². The van der Waals surface area contributed by atoms with Crippen LogP contribution in [0.5, 0.6) is 0 Å². The minimum Gasteiger partial charge on any atom is -0.466 e. The zero-order valence-electron chi connectivity index (χ0n) is 40.5. The van der Waals surface area contributed by atoms with E-state index < -0.39 is 0 Å². The molecule has 0 unspecified atom stereocenters. The van der Waals surface area contributed by atoms with Crippen LogP contribution in [0.25, 0.3) is 91.7 Å². The molecule has 340 valence electrons. The fourth-order valence-corrected chi connectivity index (χ4v) is 13.1. The van der Waals surface area contributed by atoms with Crippen LogP contribution in [0.2, 0.25) is 0 Å². The number of hydrogen-bond donors (Lipinski definition) is 0. The first-order valence-corrected chi connectivity index (χ1v) is 25.6. The monoisotopic (exact) mass is 933 g/mol. The molecule has 71 heavy (non-hydrogen) atoms. The molecule has 0 aliphatic carbocycles. The van der Waals surface area contributed by atoms with Crippen LogP contribution in [-0.2, 0) is 10.8 Å². The SMILES string of the molecule is CC(C)(C)c1ccc(N2B3c4oc5ccc(C(C)(C)C)cc5c4-n4c5cc6c(cc5c5ccc(c3c54)-c3cc4c(cc32)oc2cc(N(c3ccccc3)c3ccccc3)ccc24)sc2ccccc26)cc1. The Kier molecular flexibility index (Phi) is 8.23. The van der Waals surface area contributed by atoms with Crippen molar-refractivity contribution in [2.24, 2.45) is 0 Å². The summed E-state index contributed by atoms with van der Waals surface area (Å²) in [6.07, 6.45) is 0. The number of fused-ring (bicyclic) bond motifs is 16. The number of hydrogen-bond acceptors (Lipinski definition) is 5. The zero-order chi connectivity index (χ0) is 47.7. The number of anilines is 5. The summed E-state index contributed by atoms with van der Waals surface area (Å²) in [6.45, 7) is 13.5. The van der Waals surface area contributed by atoms with Gasteiger partial charge in [0, 0.05) is 93.2 Å². The Morgan fingerprint density at radius 2 is 1.15 bits per heavy atom. The second kappa shape index (κ2) is 14.3. The summed E-state index contributed by atoms with van der Waals surface area (Å²) in [5.74, 6) is 0. The van der Waals surface area contributed by atoms with Crippen molar-refractivity contribution >= 4 is 133 Å². The van der Waals surface area contributed by atoms with Crippen molar-refractivity contribution in [3.8, 4) is 16.8 Å². The van der Waals surface area contributed by atoms with Crippen molar-refractivity contribution in [3.63, 3.8) is 0 Å². The van der Waals surface area contributed by atoms with Gasteiger partial charge in [0.2, 0.25) is 0 Å². The highest BCUT2D eigenvalue weighted by molar-refractivity contribution is 7.25. The number of nitrogens with zero attached hydrogens (tertiary/aromatic N) is 3. The molecule has 5 nitrogen and oxygen atoms in total. The van der Waals surface area contributed by atoms with Crippen LogP contribution < -0.4 is 20.8 Å². The van der Waals surface area contributed by atoms with Gasteiger partial charge in [0.25, 0.3) is 0 Å². The first-order valence-electron chi connectivity index (χ1n) is 24.8. The third-order valence-electron chi connectivity index (χ3n) is 15.4. The molecule has 13 aromatic rings. The molecule has 0 atom stereocenters. The molecule has 0 amide bonds. The lowest BCUT2D eigenvalue weighted by molar-refractivity contribution is 0.590. The molecule has 9 aromatic carbocycles. The number of thiophene rings is 1. The quantitative estimate of drug-likeness (QED) is 0.165. The highest BCUT2D eigenvalue weighted by Gasteiger charge is 2.47. The van der Waals surface area contributed by atoms with E-state index in [1.165, 1.54) is 69.7 Å². The van der Waals surface area contributed by atoms with E-state index in [1.54, 1.807) is 0 Å². The van der Waals surface area contributed by atoms with Crippen molar-refractivity contribution in [3.05, 3.63) is 193 Å². The average Bonchev–Trinajstić information content (AvgIpc) is 4.14. The van der Waals surface area contributed by atoms with E-state index in [2.05, 4.69) is 238 Å². The van der Waals surface area contributed by atoms with Crippen molar-refractivity contribution < 1.29 is 8.83 Å². The minimum absolute atomic E-state index is 0.00544. The molecule has 15 rings (SSSR count). The van der Waals surface area contributed by atoms with Gasteiger partial charge in [-0.15, -0.1) is 11.3 Å². The van der Waals surface area contributed by atoms with Gasteiger partial charge in [-0.25, -0.2) is 0 Å². The largest absolute Gasteiger partial charge is 0.466 e. The molecule has 0 spiro atoms. The van der Waals surface area contributed by atoms with Crippen LogP contribution in [0.4, 0.5) is 28.4 Å². The van der Waals surface area contributed by atoms with E-state index in [-0.39, 0.29) is 17.7 Å². The van der Waals surface area contributed by atoms with Crippen LogP contribution in [-0.4, -0.2) is 11.4 Å². The average molecular weight is 934 g/mol. The summed E-state index contributed by atoms with van der Waals surface area (Å²) in [7, 11) is 0.